The molecule has 1 unspecified atom stereocenters. The number of carbonyl (C=O) groups is 1. The fraction of sp³-hybridized carbons (Fsp3) is 0.562. The Morgan fingerprint density at radius 3 is 2.40 bits per heavy atom. The number of piperidine rings is 1. The quantitative estimate of drug-likeness (QED) is 0.793. The molecule has 0 N–H and O–H groups in total. The number of methoxy groups -OCH3 is 1. The lowest BCUT2D eigenvalue weighted by molar-refractivity contribution is -0.147. The zero-order valence-corrected chi connectivity index (χ0v) is 12.5. The van der Waals surface area contributed by atoms with E-state index in [1.807, 2.05) is 37.3 Å². The van der Waals surface area contributed by atoms with Crippen LogP contribution in [0.5, 0.6) is 5.75 Å². The zero-order valence-electron chi connectivity index (χ0n) is 12.5. The van der Waals surface area contributed by atoms with Crippen LogP contribution in [0.1, 0.15) is 26.7 Å². The van der Waals surface area contributed by atoms with Gasteiger partial charge in [0, 0.05) is 13.1 Å². The predicted molar refractivity (Wildman–Crippen MR) is 77.8 cm³/mol. The van der Waals surface area contributed by atoms with Gasteiger partial charge in [-0.25, -0.2) is 0 Å². The molecule has 1 aliphatic rings. The molecular formula is C16H23NO3. The molecule has 1 fully saturated rings. The highest BCUT2D eigenvalue weighted by Gasteiger charge is 2.35. The summed E-state index contributed by atoms with van der Waals surface area (Å²) in [5, 5.41) is 0. The highest BCUT2D eigenvalue weighted by atomic mass is 16.5. The van der Waals surface area contributed by atoms with E-state index in [4.69, 9.17) is 9.47 Å². The molecule has 2 rings (SSSR count). The molecule has 1 saturated heterocycles. The molecule has 0 bridgehead atoms. The molecule has 0 aliphatic carbocycles. The Labute approximate surface area is 120 Å². The molecule has 4 heteroatoms. The van der Waals surface area contributed by atoms with Gasteiger partial charge in [0.05, 0.1) is 7.11 Å². The van der Waals surface area contributed by atoms with E-state index < -0.39 is 0 Å². The Hall–Kier alpha value is -1.55. The maximum absolute atomic E-state index is 11.6. The van der Waals surface area contributed by atoms with Crippen LogP contribution in [0.4, 0.5) is 0 Å². The van der Waals surface area contributed by atoms with Crippen LogP contribution >= 0.6 is 0 Å². The molecule has 0 saturated carbocycles. The van der Waals surface area contributed by atoms with Crippen molar-refractivity contribution in [3.05, 3.63) is 30.3 Å². The van der Waals surface area contributed by atoms with Crippen LogP contribution in [0.3, 0.4) is 0 Å². The van der Waals surface area contributed by atoms with Crippen molar-refractivity contribution in [2.45, 2.75) is 38.3 Å². The van der Waals surface area contributed by atoms with E-state index in [1.165, 1.54) is 7.11 Å². The predicted octanol–water partition coefficient (Wildman–Crippen LogP) is 2.48. The van der Waals surface area contributed by atoms with Crippen LogP contribution in [-0.2, 0) is 9.53 Å². The highest BCUT2D eigenvalue weighted by Crippen LogP contribution is 2.29. The maximum Gasteiger partial charge on any atom is 0.322 e. The van der Waals surface area contributed by atoms with Gasteiger partial charge >= 0.3 is 5.97 Å². The summed E-state index contributed by atoms with van der Waals surface area (Å²) in [5.74, 6) is 0.738. The fourth-order valence-electron chi connectivity index (χ4n) is 2.58. The lowest BCUT2D eigenvalue weighted by Crippen LogP contribution is -2.51. The summed E-state index contributed by atoms with van der Waals surface area (Å²) in [7, 11) is 1.44. The minimum absolute atomic E-state index is 0.159. The second-order valence-corrected chi connectivity index (χ2v) is 5.60. The first kappa shape index (κ1) is 14.9. The molecule has 1 aliphatic heterocycles. The number of para-hydroxylation sites is 1. The number of hydrogen-bond acceptors (Lipinski definition) is 4. The van der Waals surface area contributed by atoms with Crippen molar-refractivity contribution in [2.75, 3.05) is 20.2 Å². The normalized spacial score (nSPS) is 20.1. The summed E-state index contributed by atoms with van der Waals surface area (Å²) in [6.45, 7) is 5.73. The van der Waals surface area contributed by atoms with Gasteiger partial charge in [0.1, 0.15) is 17.4 Å². The van der Waals surface area contributed by atoms with E-state index in [0.29, 0.717) is 0 Å². The second-order valence-electron chi connectivity index (χ2n) is 5.60. The van der Waals surface area contributed by atoms with E-state index in [0.717, 1.165) is 31.7 Å². The summed E-state index contributed by atoms with van der Waals surface area (Å²) < 4.78 is 10.9. The van der Waals surface area contributed by atoms with Crippen molar-refractivity contribution in [3.63, 3.8) is 0 Å². The number of likely N-dealkylation sites (tertiary alicyclic amines) is 1. The third kappa shape index (κ3) is 3.51. The number of hydrogen-bond donors (Lipinski definition) is 0. The van der Waals surface area contributed by atoms with Gasteiger partial charge in [-0.3, -0.25) is 9.69 Å². The fourth-order valence-corrected chi connectivity index (χ4v) is 2.58. The molecule has 1 heterocycles. The van der Waals surface area contributed by atoms with Crippen LogP contribution in [0.2, 0.25) is 0 Å². The van der Waals surface area contributed by atoms with Crippen molar-refractivity contribution in [1.82, 2.24) is 4.90 Å². The minimum Gasteiger partial charge on any atom is -0.487 e. The van der Waals surface area contributed by atoms with E-state index >= 15 is 0 Å². The lowest BCUT2D eigenvalue weighted by Gasteiger charge is -2.41. The van der Waals surface area contributed by atoms with E-state index in [9.17, 15) is 4.79 Å². The number of ether oxygens (including phenoxy) is 2. The van der Waals surface area contributed by atoms with Gasteiger partial charge in [0.15, 0.2) is 0 Å². The topological polar surface area (TPSA) is 38.8 Å². The lowest BCUT2D eigenvalue weighted by atomic mass is 9.92. The smallest absolute Gasteiger partial charge is 0.322 e. The Bertz CT molecular complexity index is 438. The van der Waals surface area contributed by atoms with Gasteiger partial charge in [-0.2, -0.15) is 0 Å². The van der Waals surface area contributed by atoms with E-state index in [1.54, 1.807) is 0 Å². The molecule has 4 nitrogen and oxygen atoms in total. The van der Waals surface area contributed by atoms with Crippen molar-refractivity contribution >= 4 is 5.97 Å². The van der Waals surface area contributed by atoms with Gasteiger partial charge < -0.3 is 9.47 Å². The molecule has 0 radical (unpaired) electrons. The van der Waals surface area contributed by atoms with Crippen LogP contribution < -0.4 is 4.74 Å². The van der Waals surface area contributed by atoms with E-state index in [2.05, 4.69) is 11.8 Å². The maximum atomic E-state index is 11.6. The van der Waals surface area contributed by atoms with E-state index in [-0.39, 0.29) is 17.6 Å². The van der Waals surface area contributed by atoms with Crippen LogP contribution in [0, 0.1) is 0 Å². The Balaban J connectivity index is 1.91. The molecule has 0 amide bonds. The summed E-state index contributed by atoms with van der Waals surface area (Å²) in [6, 6.07) is 9.72. The molecular weight excluding hydrogens is 254 g/mol. The molecule has 110 valence electrons. The first-order chi connectivity index (χ1) is 9.54. The molecule has 1 aromatic rings. The molecule has 1 atom stereocenters. The number of esters is 1. The van der Waals surface area contributed by atoms with Crippen molar-refractivity contribution in [3.8, 4) is 5.75 Å². The van der Waals surface area contributed by atoms with Gasteiger partial charge in [0.25, 0.3) is 0 Å². The average Bonchev–Trinajstić information content (AvgIpc) is 2.47. The Morgan fingerprint density at radius 2 is 1.85 bits per heavy atom. The first-order valence-electron chi connectivity index (χ1n) is 7.10. The Kier molecular flexibility index (Phi) is 4.65. The number of carbonyl (C=O) groups excluding carboxylic acids is 1. The van der Waals surface area contributed by atoms with Gasteiger partial charge in [0.2, 0.25) is 0 Å². The highest BCUT2D eigenvalue weighted by molar-refractivity contribution is 5.75. The summed E-state index contributed by atoms with van der Waals surface area (Å²) in [6.07, 6.45) is 1.81. The van der Waals surface area contributed by atoms with Gasteiger partial charge in [-0.15, -0.1) is 0 Å². The summed E-state index contributed by atoms with van der Waals surface area (Å²) in [5.41, 5.74) is -0.159. The summed E-state index contributed by atoms with van der Waals surface area (Å²) in [4.78, 5) is 13.7. The third-order valence-electron chi connectivity index (χ3n) is 4.05. The second kappa shape index (κ2) is 6.27. The SMILES string of the molecule is COC(=O)C(C)N1CCC(C)(Oc2ccccc2)CC1. The molecule has 1 aromatic carbocycles. The monoisotopic (exact) mass is 277 g/mol. The average molecular weight is 277 g/mol. The van der Waals surface area contributed by atoms with Gasteiger partial charge in [-0.05, 0) is 38.8 Å². The first-order valence-corrected chi connectivity index (χ1v) is 7.10. The Morgan fingerprint density at radius 1 is 1.25 bits per heavy atom. The van der Waals surface area contributed by atoms with Gasteiger partial charge in [-0.1, -0.05) is 18.2 Å². The number of nitrogens with zero attached hydrogens (tertiary/aromatic N) is 1. The molecule has 0 aromatic heterocycles. The van der Waals surface area contributed by atoms with Crippen LogP contribution in [0.25, 0.3) is 0 Å². The third-order valence-corrected chi connectivity index (χ3v) is 4.05. The zero-order chi connectivity index (χ0) is 14.6. The van der Waals surface area contributed by atoms with Crippen LogP contribution in [-0.4, -0.2) is 42.7 Å². The molecule has 0 spiro atoms. The standard InChI is InChI=1S/C16H23NO3/c1-13(15(18)19-3)17-11-9-16(2,10-12-17)20-14-7-5-4-6-8-14/h4-8,13H,9-12H2,1-3H3. The van der Waals surface area contributed by atoms with Crippen LogP contribution in [0.15, 0.2) is 30.3 Å². The van der Waals surface area contributed by atoms with Crippen molar-refractivity contribution in [2.24, 2.45) is 0 Å². The molecule has 20 heavy (non-hydrogen) atoms. The van der Waals surface area contributed by atoms with Crippen molar-refractivity contribution < 1.29 is 14.3 Å². The summed E-state index contributed by atoms with van der Waals surface area (Å²) >= 11 is 0. The minimum atomic E-state index is -0.179. The number of benzene rings is 1. The number of rotatable bonds is 4. The van der Waals surface area contributed by atoms with Crippen molar-refractivity contribution in [1.29, 1.82) is 0 Å². The largest absolute Gasteiger partial charge is 0.487 e.